The standard InChI is InChI=1S/C13H23N5O2/c1-4-17-8-6-15-12(13(17)19)18(9-10(2)3)7-5-11(14)16-20/h6,8,10,20H,4-5,7,9H2,1-3H3,(H2,14,16). The highest BCUT2D eigenvalue weighted by molar-refractivity contribution is 5.80. The van der Waals surface area contributed by atoms with Crippen LogP contribution in [0.1, 0.15) is 27.2 Å². The Bertz CT molecular complexity index is 510. The molecule has 1 rings (SSSR count). The van der Waals surface area contributed by atoms with Gasteiger partial charge in [0, 0.05) is 38.4 Å². The van der Waals surface area contributed by atoms with Crippen LogP contribution in [-0.2, 0) is 6.54 Å². The van der Waals surface area contributed by atoms with Gasteiger partial charge in [-0.3, -0.25) is 4.79 Å². The maximum Gasteiger partial charge on any atom is 0.293 e. The van der Waals surface area contributed by atoms with Gasteiger partial charge in [-0.25, -0.2) is 4.98 Å². The molecule has 0 aliphatic rings. The number of aryl methyl sites for hydroxylation is 1. The average molecular weight is 281 g/mol. The second-order valence-electron chi connectivity index (χ2n) is 5.02. The van der Waals surface area contributed by atoms with Gasteiger partial charge in [-0.2, -0.15) is 0 Å². The van der Waals surface area contributed by atoms with Gasteiger partial charge in [0.25, 0.3) is 5.56 Å². The fraction of sp³-hybridized carbons (Fsp3) is 0.615. The molecule has 0 saturated heterocycles. The number of rotatable bonds is 7. The van der Waals surface area contributed by atoms with E-state index in [1.165, 1.54) is 0 Å². The third kappa shape index (κ3) is 4.25. The normalized spacial score (nSPS) is 11.9. The van der Waals surface area contributed by atoms with Gasteiger partial charge in [0.05, 0.1) is 0 Å². The molecule has 0 aliphatic carbocycles. The quantitative estimate of drug-likeness (QED) is 0.334. The fourth-order valence-electron chi connectivity index (χ4n) is 1.93. The number of amidine groups is 1. The summed E-state index contributed by atoms with van der Waals surface area (Å²) in [5.41, 5.74) is 5.38. The number of nitrogens with two attached hydrogens (primary N) is 1. The summed E-state index contributed by atoms with van der Waals surface area (Å²) in [5, 5.41) is 11.6. The van der Waals surface area contributed by atoms with Gasteiger partial charge < -0.3 is 20.4 Å². The molecule has 20 heavy (non-hydrogen) atoms. The molecule has 0 amide bonds. The van der Waals surface area contributed by atoms with Crippen LogP contribution in [0, 0.1) is 5.92 Å². The topological polar surface area (TPSA) is 96.7 Å². The zero-order chi connectivity index (χ0) is 15.1. The van der Waals surface area contributed by atoms with Crippen molar-refractivity contribution in [3.63, 3.8) is 0 Å². The van der Waals surface area contributed by atoms with Crippen molar-refractivity contribution < 1.29 is 5.21 Å². The van der Waals surface area contributed by atoms with Crippen molar-refractivity contribution in [2.24, 2.45) is 16.8 Å². The van der Waals surface area contributed by atoms with Crippen LogP contribution >= 0.6 is 0 Å². The van der Waals surface area contributed by atoms with E-state index in [0.717, 1.165) is 0 Å². The monoisotopic (exact) mass is 281 g/mol. The highest BCUT2D eigenvalue weighted by Crippen LogP contribution is 2.08. The summed E-state index contributed by atoms with van der Waals surface area (Å²) in [6.07, 6.45) is 3.67. The van der Waals surface area contributed by atoms with Gasteiger partial charge in [0.15, 0.2) is 5.82 Å². The first-order chi connectivity index (χ1) is 9.49. The van der Waals surface area contributed by atoms with Crippen LogP contribution in [0.4, 0.5) is 5.82 Å². The number of oxime groups is 1. The lowest BCUT2D eigenvalue weighted by Crippen LogP contribution is -2.37. The molecule has 3 N–H and O–H groups in total. The second-order valence-corrected chi connectivity index (χ2v) is 5.02. The molecule has 112 valence electrons. The predicted molar refractivity (Wildman–Crippen MR) is 79.2 cm³/mol. The molecule has 7 nitrogen and oxygen atoms in total. The lowest BCUT2D eigenvalue weighted by molar-refractivity contribution is 0.317. The zero-order valence-electron chi connectivity index (χ0n) is 12.3. The van der Waals surface area contributed by atoms with Crippen molar-refractivity contribution in [2.45, 2.75) is 33.7 Å². The number of anilines is 1. The molecule has 1 aromatic rings. The number of nitrogens with zero attached hydrogens (tertiary/aromatic N) is 4. The molecule has 0 aromatic carbocycles. The Labute approximate surface area is 118 Å². The summed E-state index contributed by atoms with van der Waals surface area (Å²) in [6, 6.07) is 0. The van der Waals surface area contributed by atoms with Crippen LogP contribution in [0.2, 0.25) is 0 Å². The van der Waals surface area contributed by atoms with Gasteiger partial charge in [-0.1, -0.05) is 19.0 Å². The predicted octanol–water partition coefficient (Wildman–Crippen LogP) is 0.862. The summed E-state index contributed by atoms with van der Waals surface area (Å²) in [7, 11) is 0. The van der Waals surface area contributed by atoms with Crippen LogP contribution in [0.25, 0.3) is 0 Å². The third-order valence-electron chi connectivity index (χ3n) is 2.89. The van der Waals surface area contributed by atoms with Crippen molar-refractivity contribution in [3.05, 3.63) is 22.7 Å². The molecule has 0 bridgehead atoms. The second kappa shape index (κ2) is 7.52. The highest BCUT2D eigenvalue weighted by Gasteiger charge is 2.15. The third-order valence-corrected chi connectivity index (χ3v) is 2.89. The van der Waals surface area contributed by atoms with E-state index < -0.39 is 0 Å². The molecule has 0 radical (unpaired) electrons. The summed E-state index contributed by atoms with van der Waals surface area (Å²) < 4.78 is 1.61. The van der Waals surface area contributed by atoms with E-state index in [1.807, 2.05) is 11.8 Å². The summed E-state index contributed by atoms with van der Waals surface area (Å²) >= 11 is 0. The Morgan fingerprint density at radius 3 is 2.85 bits per heavy atom. The molecule has 1 aromatic heterocycles. The zero-order valence-corrected chi connectivity index (χ0v) is 12.3. The van der Waals surface area contributed by atoms with Crippen molar-refractivity contribution in [3.8, 4) is 0 Å². The van der Waals surface area contributed by atoms with Crippen LogP contribution < -0.4 is 16.2 Å². The van der Waals surface area contributed by atoms with Crippen LogP contribution in [0.3, 0.4) is 0 Å². The first kappa shape index (κ1) is 16.0. The van der Waals surface area contributed by atoms with Gasteiger partial charge in [-0.15, -0.1) is 0 Å². The summed E-state index contributed by atoms with van der Waals surface area (Å²) in [6.45, 7) is 7.83. The number of hydrogen-bond donors (Lipinski definition) is 2. The Balaban J connectivity index is 3.01. The van der Waals surface area contributed by atoms with E-state index in [-0.39, 0.29) is 11.4 Å². The van der Waals surface area contributed by atoms with E-state index in [9.17, 15) is 4.79 Å². The van der Waals surface area contributed by atoms with Gasteiger partial charge in [0.2, 0.25) is 0 Å². The minimum Gasteiger partial charge on any atom is -0.409 e. The maximum absolute atomic E-state index is 12.3. The largest absolute Gasteiger partial charge is 0.409 e. The Hall–Kier alpha value is -2.05. The SMILES string of the molecule is CCn1ccnc(N(CCC(N)=NO)CC(C)C)c1=O. The molecular weight excluding hydrogens is 258 g/mol. The first-order valence-electron chi connectivity index (χ1n) is 6.76. The molecule has 0 unspecified atom stereocenters. The van der Waals surface area contributed by atoms with Gasteiger partial charge >= 0.3 is 0 Å². The van der Waals surface area contributed by atoms with Gasteiger partial charge in [-0.05, 0) is 12.8 Å². The van der Waals surface area contributed by atoms with E-state index in [1.54, 1.807) is 17.0 Å². The van der Waals surface area contributed by atoms with E-state index in [4.69, 9.17) is 10.9 Å². The minimum atomic E-state index is -0.116. The highest BCUT2D eigenvalue weighted by atomic mass is 16.4. The van der Waals surface area contributed by atoms with Crippen molar-refractivity contribution in [1.29, 1.82) is 0 Å². The van der Waals surface area contributed by atoms with Crippen LogP contribution in [0.15, 0.2) is 22.3 Å². The Kier molecular flexibility index (Phi) is 6.02. The average Bonchev–Trinajstić information content (AvgIpc) is 2.43. The molecule has 1 heterocycles. The molecule has 0 spiro atoms. The molecule has 0 fully saturated rings. The number of hydrogen-bond acceptors (Lipinski definition) is 5. The van der Waals surface area contributed by atoms with Crippen molar-refractivity contribution in [1.82, 2.24) is 9.55 Å². The number of aromatic nitrogens is 2. The molecular formula is C13H23N5O2. The summed E-state index contributed by atoms with van der Waals surface area (Å²) in [5.74, 6) is 0.929. The summed E-state index contributed by atoms with van der Waals surface area (Å²) in [4.78, 5) is 18.4. The Morgan fingerprint density at radius 1 is 1.60 bits per heavy atom. The van der Waals surface area contributed by atoms with Crippen LogP contribution in [0.5, 0.6) is 0 Å². The first-order valence-corrected chi connectivity index (χ1v) is 6.76. The van der Waals surface area contributed by atoms with E-state index in [2.05, 4.69) is 24.0 Å². The maximum atomic E-state index is 12.3. The van der Waals surface area contributed by atoms with E-state index in [0.29, 0.717) is 37.8 Å². The molecule has 7 heteroatoms. The van der Waals surface area contributed by atoms with E-state index >= 15 is 0 Å². The molecule has 0 saturated carbocycles. The molecule has 0 atom stereocenters. The lowest BCUT2D eigenvalue weighted by Gasteiger charge is -2.25. The minimum absolute atomic E-state index is 0.116. The van der Waals surface area contributed by atoms with Crippen molar-refractivity contribution >= 4 is 11.7 Å². The van der Waals surface area contributed by atoms with Crippen molar-refractivity contribution in [2.75, 3.05) is 18.0 Å². The van der Waals surface area contributed by atoms with Gasteiger partial charge in [0.1, 0.15) is 5.84 Å². The lowest BCUT2D eigenvalue weighted by atomic mass is 10.2. The molecule has 0 aliphatic heterocycles. The Morgan fingerprint density at radius 2 is 2.30 bits per heavy atom. The smallest absolute Gasteiger partial charge is 0.293 e. The van der Waals surface area contributed by atoms with Crippen LogP contribution in [-0.4, -0.2) is 33.7 Å². The fourth-order valence-corrected chi connectivity index (χ4v) is 1.93.